The maximum atomic E-state index is 12.6. The molecule has 0 atom stereocenters. The van der Waals surface area contributed by atoms with Crippen LogP contribution in [0.2, 0.25) is 0 Å². The minimum absolute atomic E-state index is 0. The molecule has 1 fully saturated rings. The van der Waals surface area contributed by atoms with Gasteiger partial charge in [0.25, 0.3) is 0 Å². The standard InChI is InChI=1S/C19H23F3N6O2.HI/c1-23-18(24-9-14-4-3-5-16(8-14)30-13-19(20,21)22)27-6-7-28(17(29)12-27)15-10-25-26(2)11-15;/h3-5,8,10-11H,6-7,9,12-13H2,1-2H3,(H,23,24);1H. The molecule has 170 valence electrons. The Bertz CT molecular complexity index is 918. The summed E-state index contributed by atoms with van der Waals surface area (Å²) in [7, 11) is 3.41. The molecule has 0 aliphatic carbocycles. The van der Waals surface area contributed by atoms with Crippen molar-refractivity contribution < 1.29 is 22.7 Å². The third kappa shape index (κ3) is 7.01. The van der Waals surface area contributed by atoms with E-state index < -0.39 is 12.8 Å². The Morgan fingerprint density at radius 1 is 1.32 bits per heavy atom. The molecule has 8 nitrogen and oxygen atoms in total. The summed E-state index contributed by atoms with van der Waals surface area (Å²) in [4.78, 5) is 20.3. The summed E-state index contributed by atoms with van der Waals surface area (Å²) < 4.78 is 43.4. The molecule has 0 spiro atoms. The molecule has 1 N–H and O–H groups in total. The first kappa shape index (κ1) is 24.8. The second-order valence-corrected chi connectivity index (χ2v) is 6.79. The van der Waals surface area contributed by atoms with Crippen LogP contribution >= 0.6 is 24.0 Å². The van der Waals surface area contributed by atoms with Crippen LogP contribution in [0.4, 0.5) is 18.9 Å². The molecule has 0 bridgehead atoms. The normalized spacial score (nSPS) is 15.0. The number of piperazine rings is 1. The van der Waals surface area contributed by atoms with E-state index >= 15 is 0 Å². The molecule has 0 unspecified atom stereocenters. The number of aromatic nitrogens is 2. The van der Waals surface area contributed by atoms with Crippen LogP contribution in [-0.4, -0.2) is 66.0 Å². The lowest BCUT2D eigenvalue weighted by atomic mass is 10.2. The minimum atomic E-state index is -4.39. The van der Waals surface area contributed by atoms with Crippen molar-refractivity contribution in [2.75, 3.05) is 38.2 Å². The Balaban J connectivity index is 0.00000341. The molecule has 0 saturated carbocycles. The Morgan fingerprint density at radius 2 is 2.10 bits per heavy atom. The van der Waals surface area contributed by atoms with Crippen molar-refractivity contribution in [3.8, 4) is 5.75 Å². The van der Waals surface area contributed by atoms with E-state index in [1.165, 1.54) is 12.1 Å². The first-order valence-corrected chi connectivity index (χ1v) is 9.28. The highest BCUT2D eigenvalue weighted by Gasteiger charge is 2.29. The number of ether oxygens (including phenoxy) is 1. The summed E-state index contributed by atoms with van der Waals surface area (Å²) in [6, 6.07) is 6.41. The van der Waals surface area contributed by atoms with E-state index in [9.17, 15) is 18.0 Å². The minimum Gasteiger partial charge on any atom is -0.484 e. The number of carbonyl (C=O) groups is 1. The average Bonchev–Trinajstić information content (AvgIpc) is 3.13. The van der Waals surface area contributed by atoms with Gasteiger partial charge in [-0.05, 0) is 17.7 Å². The van der Waals surface area contributed by atoms with Gasteiger partial charge >= 0.3 is 6.18 Å². The van der Waals surface area contributed by atoms with Crippen LogP contribution in [0.1, 0.15) is 5.56 Å². The van der Waals surface area contributed by atoms with Gasteiger partial charge < -0.3 is 19.9 Å². The first-order valence-electron chi connectivity index (χ1n) is 9.28. The van der Waals surface area contributed by atoms with E-state index in [4.69, 9.17) is 4.74 Å². The third-order valence-electron chi connectivity index (χ3n) is 4.49. The summed E-state index contributed by atoms with van der Waals surface area (Å²) >= 11 is 0. The smallest absolute Gasteiger partial charge is 0.422 e. The van der Waals surface area contributed by atoms with Crippen LogP contribution in [0, 0.1) is 0 Å². The van der Waals surface area contributed by atoms with Crippen LogP contribution in [0.5, 0.6) is 5.75 Å². The number of amides is 1. The van der Waals surface area contributed by atoms with Crippen LogP contribution in [0.25, 0.3) is 0 Å². The lowest BCUT2D eigenvalue weighted by Crippen LogP contribution is -2.55. The summed E-state index contributed by atoms with van der Waals surface area (Å²) in [6.07, 6.45) is -0.955. The van der Waals surface area contributed by atoms with Crippen molar-refractivity contribution in [2.45, 2.75) is 12.7 Å². The number of halogens is 4. The summed E-state index contributed by atoms with van der Waals surface area (Å²) in [5.74, 6) is 0.609. The van der Waals surface area contributed by atoms with Crippen molar-refractivity contribution in [2.24, 2.45) is 12.0 Å². The molecule has 1 aliphatic rings. The molecular formula is C19H24F3IN6O2. The molecule has 1 aliphatic heterocycles. The number of aryl methyl sites for hydroxylation is 1. The monoisotopic (exact) mass is 552 g/mol. The maximum absolute atomic E-state index is 12.6. The van der Waals surface area contributed by atoms with Crippen molar-refractivity contribution in [3.05, 3.63) is 42.2 Å². The SMILES string of the molecule is CN=C(NCc1cccc(OCC(F)(F)F)c1)N1CCN(c2cnn(C)c2)C(=O)C1.I. The summed E-state index contributed by atoms with van der Waals surface area (Å²) in [5, 5.41) is 7.24. The second-order valence-electron chi connectivity index (χ2n) is 6.79. The van der Waals surface area contributed by atoms with Gasteiger partial charge in [-0.2, -0.15) is 18.3 Å². The van der Waals surface area contributed by atoms with Crippen molar-refractivity contribution in [3.63, 3.8) is 0 Å². The van der Waals surface area contributed by atoms with E-state index in [1.807, 2.05) is 4.90 Å². The number of aliphatic imine (C=N–C) groups is 1. The fourth-order valence-electron chi connectivity index (χ4n) is 3.10. The molecule has 31 heavy (non-hydrogen) atoms. The maximum Gasteiger partial charge on any atom is 0.422 e. The lowest BCUT2D eigenvalue weighted by Gasteiger charge is -2.35. The van der Waals surface area contributed by atoms with Gasteiger partial charge in [0.2, 0.25) is 5.91 Å². The van der Waals surface area contributed by atoms with Crippen LogP contribution in [0.3, 0.4) is 0 Å². The molecule has 1 saturated heterocycles. The number of alkyl halides is 3. The Kier molecular flexibility index (Phi) is 8.53. The van der Waals surface area contributed by atoms with Gasteiger partial charge in [0, 0.05) is 39.9 Å². The Labute approximate surface area is 195 Å². The first-order chi connectivity index (χ1) is 14.2. The fraction of sp³-hybridized carbons (Fsp3) is 0.421. The van der Waals surface area contributed by atoms with Crippen molar-refractivity contribution >= 4 is 41.5 Å². The number of guanidine groups is 1. The average molecular weight is 552 g/mol. The second kappa shape index (κ2) is 10.7. The zero-order valence-electron chi connectivity index (χ0n) is 17.1. The van der Waals surface area contributed by atoms with Gasteiger partial charge in [-0.15, -0.1) is 24.0 Å². The van der Waals surface area contributed by atoms with E-state index in [-0.39, 0.29) is 42.2 Å². The predicted octanol–water partition coefficient (Wildman–Crippen LogP) is 2.40. The zero-order chi connectivity index (χ0) is 21.7. The number of nitrogens with one attached hydrogen (secondary N) is 1. The van der Waals surface area contributed by atoms with E-state index in [1.54, 1.807) is 48.2 Å². The molecule has 12 heteroatoms. The van der Waals surface area contributed by atoms with Gasteiger partial charge in [0.1, 0.15) is 12.3 Å². The highest BCUT2D eigenvalue weighted by atomic mass is 127. The molecule has 2 heterocycles. The Morgan fingerprint density at radius 3 is 2.71 bits per heavy atom. The van der Waals surface area contributed by atoms with E-state index in [0.29, 0.717) is 25.6 Å². The fourth-order valence-corrected chi connectivity index (χ4v) is 3.10. The predicted molar refractivity (Wildman–Crippen MR) is 121 cm³/mol. The quantitative estimate of drug-likeness (QED) is 0.351. The number of hydrogen-bond donors (Lipinski definition) is 1. The molecule has 1 aromatic carbocycles. The van der Waals surface area contributed by atoms with Gasteiger partial charge in [0.15, 0.2) is 12.6 Å². The van der Waals surface area contributed by atoms with Crippen LogP contribution in [0.15, 0.2) is 41.7 Å². The van der Waals surface area contributed by atoms with Crippen LogP contribution in [-0.2, 0) is 18.4 Å². The summed E-state index contributed by atoms with van der Waals surface area (Å²) in [5.41, 5.74) is 1.48. The lowest BCUT2D eigenvalue weighted by molar-refractivity contribution is -0.153. The number of benzene rings is 1. The highest BCUT2D eigenvalue weighted by Crippen LogP contribution is 2.20. The topological polar surface area (TPSA) is 75.0 Å². The molecular weight excluding hydrogens is 528 g/mol. The Hall–Kier alpha value is -2.51. The molecule has 1 aromatic heterocycles. The largest absolute Gasteiger partial charge is 0.484 e. The number of hydrogen-bond acceptors (Lipinski definition) is 4. The number of carbonyl (C=O) groups excluding carboxylic acids is 1. The molecule has 0 radical (unpaired) electrons. The van der Waals surface area contributed by atoms with Gasteiger partial charge in [-0.3, -0.25) is 14.5 Å². The molecule has 3 rings (SSSR count). The number of anilines is 1. The van der Waals surface area contributed by atoms with E-state index in [2.05, 4.69) is 15.4 Å². The van der Waals surface area contributed by atoms with Crippen molar-refractivity contribution in [1.82, 2.24) is 20.0 Å². The number of rotatable bonds is 5. The zero-order valence-corrected chi connectivity index (χ0v) is 19.4. The molecule has 1 amide bonds. The van der Waals surface area contributed by atoms with Crippen molar-refractivity contribution in [1.29, 1.82) is 0 Å². The number of nitrogens with zero attached hydrogens (tertiary/aromatic N) is 5. The highest BCUT2D eigenvalue weighted by molar-refractivity contribution is 14.0. The van der Waals surface area contributed by atoms with E-state index in [0.717, 1.165) is 11.3 Å². The third-order valence-corrected chi connectivity index (χ3v) is 4.49. The van der Waals surface area contributed by atoms with Gasteiger partial charge in [0.05, 0.1) is 11.9 Å². The molecule has 2 aromatic rings. The van der Waals surface area contributed by atoms with Gasteiger partial charge in [-0.25, -0.2) is 0 Å². The summed E-state index contributed by atoms with van der Waals surface area (Å²) in [6.45, 7) is 0.214. The van der Waals surface area contributed by atoms with Crippen LogP contribution < -0.4 is 15.0 Å². The van der Waals surface area contributed by atoms with Gasteiger partial charge in [-0.1, -0.05) is 12.1 Å².